The van der Waals surface area contributed by atoms with Crippen LogP contribution in [0.25, 0.3) is 0 Å². The lowest BCUT2D eigenvalue weighted by molar-refractivity contribution is 0.799. The molecular weight excluding hydrogens is 292 g/mol. The van der Waals surface area contributed by atoms with Crippen LogP contribution in [0.2, 0.25) is 0 Å². The van der Waals surface area contributed by atoms with Gasteiger partial charge in [-0.05, 0) is 25.3 Å². The van der Waals surface area contributed by atoms with Crippen LogP contribution < -0.4 is 10.6 Å². The zero-order valence-electron chi connectivity index (χ0n) is 13.3. The lowest BCUT2D eigenvalue weighted by atomic mass is 10.1. The summed E-state index contributed by atoms with van der Waals surface area (Å²) in [5.74, 6) is 0.853. The first-order chi connectivity index (χ1) is 10.8. The maximum Gasteiger partial charge on any atom is 0.191 e. The molecular formula is C17H24N4S. The Hall–Kier alpha value is -1.88. The SMILES string of the molecule is CCNC(=NCc1ncc(CC)s1)NCCc1ccccc1. The molecule has 2 N–H and O–H groups in total. The molecule has 0 bridgehead atoms. The molecule has 1 aromatic heterocycles. The standard InChI is InChI=1S/C17H24N4S/c1-3-15-12-20-16(22-15)13-21-17(18-4-2)19-11-10-14-8-6-5-7-9-14/h5-9,12H,3-4,10-11,13H2,1-2H3,(H2,18,19,21). The Balaban J connectivity index is 1.84. The Morgan fingerprint density at radius 2 is 2.00 bits per heavy atom. The minimum absolute atomic E-state index is 0.630. The van der Waals surface area contributed by atoms with E-state index in [0.717, 1.165) is 36.9 Å². The molecule has 0 aliphatic rings. The van der Waals surface area contributed by atoms with Gasteiger partial charge < -0.3 is 10.6 Å². The molecule has 0 aliphatic carbocycles. The Labute approximate surface area is 136 Å². The second kappa shape index (κ2) is 9.20. The zero-order valence-corrected chi connectivity index (χ0v) is 14.1. The molecule has 118 valence electrons. The molecule has 0 aliphatic heterocycles. The first-order valence-electron chi connectivity index (χ1n) is 7.81. The van der Waals surface area contributed by atoms with Crippen LogP contribution in [-0.4, -0.2) is 24.0 Å². The molecule has 0 atom stereocenters. The van der Waals surface area contributed by atoms with Gasteiger partial charge in [0.2, 0.25) is 0 Å². The number of aromatic nitrogens is 1. The van der Waals surface area contributed by atoms with Crippen molar-refractivity contribution in [3.8, 4) is 0 Å². The van der Waals surface area contributed by atoms with Crippen LogP contribution in [0.1, 0.15) is 29.3 Å². The topological polar surface area (TPSA) is 49.3 Å². The first kappa shape index (κ1) is 16.5. The molecule has 0 saturated heterocycles. The molecule has 22 heavy (non-hydrogen) atoms. The largest absolute Gasteiger partial charge is 0.357 e. The predicted molar refractivity (Wildman–Crippen MR) is 94.5 cm³/mol. The van der Waals surface area contributed by atoms with Crippen molar-refractivity contribution >= 4 is 17.3 Å². The number of nitrogens with zero attached hydrogens (tertiary/aromatic N) is 2. The van der Waals surface area contributed by atoms with E-state index in [2.05, 4.69) is 58.7 Å². The molecule has 2 rings (SSSR count). The summed E-state index contributed by atoms with van der Waals surface area (Å²) in [6, 6.07) is 10.5. The number of aliphatic imine (C=N–C) groups is 1. The highest BCUT2D eigenvalue weighted by atomic mass is 32.1. The van der Waals surface area contributed by atoms with Gasteiger partial charge in [0.15, 0.2) is 5.96 Å². The van der Waals surface area contributed by atoms with Gasteiger partial charge in [-0.25, -0.2) is 9.98 Å². The van der Waals surface area contributed by atoms with Gasteiger partial charge in [0.1, 0.15) is 5.01 Å². The lowest BCUT2D eigenvalue weighted by Gasteiger charge is -2.10. The Morgan fingerprint density at radius 1 is 1.18 bits per heavy atom. The summed E-state index contributed by atoms with van der Waals surface area (Å²) in [5.41, 5.74) is 1.33. The molecule has 0 unspecified atom stereocenters. The average molecular weight is 316 g/mol. The minimum atomic E-state index is 0.630. The predicted octanol–water partition coefficient (Wildman–Crippen LogP) is 3.00. The molecule has 1 aromatic carbocycles. The van der Waals surface area contributed by atoms with Crippen molar-refractivity contribution in [2.75, 3.05) is 13.1 Å². The number of rotatable bonds is 7. The monoisotopic (exact) mass is 316 g/mol. The molecule has 5 heteroatoms. The minimum Gasteiger partial charge on any atom is -0.357 e. The van der Waals surface area contributed by atoms with Gasteiger partial charge in [-0.1, -0.05) is 37.3 Å². The molecule has 0 amide bonds. The third-order valence-electron chi connectivity index (χ3n) is 3.22. The van der Waals surface area contributed by atoms with Crippen LogP contribution >= 0.6 is 11.3 Å². The number of hydrogen-bond donors (Lipinski definition) is 2. The smallest absolute Gasteiger partial charge is 0.191 e. The summed E-state index contributed by atoms with van der Waals surface area (Å²) >= 11 is 1.74. The summed E-state index contributed by atoms with van der Waals surface area (Å²) < 4.78 is 0. The van der Waals surface area contributed by atoms with E-state index in [1.165, 1.54) is 10.4 Å². The molecule has 0 saturated carbocycles. The van der Waals surface area contributed by atoms with Crippen molar-refractivity contribution in [2.45, 2.75) is 33.2 Å². The molecule has 4 nitrogen and oxygen atoms in total. The summed E-state index contributed by atoms with van der Waals surface area (Å²) in [6.07, 6.45) is 3.98. The normalized spacial score (nSPS) is 11.5. The van der Waals surface area contributed by atoms with Crippen LogP contribution in [0, 0.1) is 0 Å². The molecule has 0 spiro atoms. The summed E-state index contributed by atoms with van der Waals surface area (Å²) in [7, 11) is 0. The van der Waals surface area contributed by atoms with E-state index < -0.39 is 0 Å². The molecule has 2 aromatic rings. The Bertz CT molecular complexity index is 577. The van der Waals surface area contributed by atoms with E-state index >= 15 is 0 Å². The van der Waals surface area contributed by atoms with Gasteiger partial charge in [0, 0.05) is 24.2 Å². The Morgan fingerprint density at radius 3 is 2.68 bits per heavy atom. The van der Waals surface area contributed by atoms with E-state index in [-0.39, 0.29) is 0 Å². The van der Waals surface area contributed by atoms with Gasteiger partial charge >= 0.3 is 0 Å². The highest BCUT2D eigenvalue weighted by molar-refractivity contribution is 7.11. The van der Waals surface area contributed by atoms with Crippen molar-refractivity contribution in [1.29, 1.82) is 0 Å². The second-order valence-electron chi connectivity index (χ2n) is 4.93. The van der Waals surface area contributed by atoms with Gasteiger partial charge in [0.05, 0.1) is 6.54 Å². The van der Waals surface area contributed by atoms with Crippen LogP contribution in [0.4, 0.5) is 0 Å². The van der Waals surface area contributed by atoms with E-state index in [0.29, 0.717) is 6.54 Å². The molecule has 1 heterocycles. The fourth-order valence-electron chi connectivity index (χ4n) is 2.04. The highest BCUT2D eigenvalue weighted by Gasteiger charge is 2.01. The lowest BCUT2D eigenvalue weighted by Crippen LogP contribution is -2.38. The van der Waals surface area contributed by atoms with Gasteiger partial charge in [0.25, 0.3) is 0 Å². The summed E-state index contributed by atoms with van der Waals surface area (Å²) in [5, 5.41) is 7.72. The number of aryl methyl sites for hydroxylation is 1. The van der Waals surface area contributed by atoms with Crippen LogP contribution in [0.3, 0.4) is 0 Å². The van der Waals surface area contributed by atoms with E-state index in [1.54, 1.807) is 11.3 Å². The van der Waals surface area contributed by atoms with Crippen molar-refractivity contribution in [2.24, 2.45) is 4.99 Å². The fourth-order valence-corrected chi connectivity index (χ4v) is 2.83. The van der Waals surface area contributed by atoms with Crippen LogP contribution in [0.5, 0.6) is 0 Å². The number of hydrogen-bond acceptors (Lipinski definition) is 3. The maximum atomic E-state index is 4.60. The zero-order chi connectivity index (χ0) is 15.6. The van der Waals surface area contributed by atoms with Crippen molar-refractivity contribution < 1.29 is 0 Å². The number of nitrogens with one attached hydrogen (secondary N) is 2. The van der Waals surface area contributed by atoms with Crippen LogP contribution in [0.15, 0.2) is 41.5 Å². The highest BCUT2D eigenvalue weighted by Crippen LogP contribution is 2.13. The van der Waals surface area contributed by atoms with Crippen molar-refractivity contribution in [3.63, 3.8) is 0 Å². The number of thiazole rings is 1. The second-order valence-corrected chi connectivity index (χ2v) is 6.13. The molecule has 0 radical (unpaired) electrons. The van der Waals surface area contributed by atoms with E-state index in [9.17, 15) is 0 Å². The van der Waals surface area contributed by atoms with Crippen molar-refractivity contribution in [1.82, 2.24) is 15.6 Å². The quantitative estimate of drug-likeness (QED) is 0.610. The summed E-state index contributed by atoms with van der Waals surface area (Å²) in [6.45, 7) is 6.58. The number of benzene rings is 1. The van der Waals surface area contributed by atoms with Gasteiger partial charge in [-0.15, -0.1) is 11.3 Å². The molecule has 0 fully saturated rings. The first-order valence-corrected chi connectivity index (χ1v) is 8.63. The van der Waals surface area contributed by atoms with E-state index in [4.69, 9.17) is 0 Å². The Kier molecular flexibility index (Phi) is 6.90. The summed E-state index contributed by atoms with van der Waals surface area (Å²) in [4.78, 5) is 10.3. The van der Waals surface area contributed by atoms with Gasteiger partial charge in [-0.3, -0.25) is 0 Å². The van der Waals surface area contributed by atoms with E-state index in [1.807, 2.05) is 12.3 Å². The fraction of sp³-hybridized carbons (Fsp3) is 0.412. The van der Waals surface area contributed by atoms with Gasteiger partial charge in [-0.2, -0.15) is 0 Å². The van der Waals surface area contributed by atoms with Crippen LogP contribution in [-0.2, 0) is 19.4 Å². The third kappa shape index (κ3) is 5.48. The maximum absolute atomic E-state index is 4.60. The third-order valence-corrected chi connectivity index (χ3v) is 4.34. The number of guanidine groups is 1. The average Bonchev–Trinajstić information content (AvgIpc) is 3.02. The van der Waals surface area contributed by atoms with Crippen molar-refractivity contribution in [3.05, 3.63) is 52.0 Å².